The van der Waals surface area contributed by atoms with Crippen molar-refractivity contribution in [1.82, 2.24) is 10.4 Å². The van der Waals surface area contributed by atoms with Crippen LogP contribution in [0.3, 0.4) is 0 Å². The van der Waals surface area contributed by atoms with E-state index in [2.05, 4.69) is 5.43 Å². The van der Waals surface area contributed by atoms with E-state index in [4.69, 9.17) is 4.74 Å². The lowest BCUT2D eigenvalue weighted by Gasteiger charge is -2.28. The van der Waals surface area contributed by atoms with E-state index in [9.17, 15) is 9.50 Å². The molecule has 0 aromatic heterocycles. The van der Waals surface area contributed by atoms with Crippen LogP contribution in [0.25, 0.3) is 5.57 Å². The molecule has 0 bridgehead atoms. The molecular formula is C19H19FN2O2. The zero-order valence-corrected chi connectivity index (χ0v) is 13.4. The molecule has 0 saturated heterocycles. The van der Waals surface area contributed by atoms with Gasteiger partial charge in [-0.1, -0.05) is 24.3 Å². The molecular weight excluding hydrogens is 307 g/mol. The summed E-state index contributed by atoms with van der Waals surface area (Å²) in [4.78, 5) is 0. The molecule has 0 amide bonds. The van der Waals surface area contributed by atoms with Gasteiger partial charge in [0.15, 0.2) is 0 Å². The largest absolute Gasteiger partial charge is 0.497 e. The van der Waals surface area contributed by atoms with Gasteiger partial charge < -0.3 is 15.3 Å². The van der Waals surface area contributed by atoms with Crippen LogP contribution >= 0.6 is 0 Å². The Kier molecular flexibility index (Phi) is 4.82. The number of aliphatic hydroxyl groups excluding tert-OH is 1. The number of benzene rings is 2. The molecule has 3 rings (SSSR count). The maximum absolute atomic E-state index is 13.1. The minimum Gasteiger partial charge on any atom is -0.497 e. The molecule has 0 radical (unpaired) electrons. The first-order chi connectivity index (χ1) is 11.7. The van der Waals surface area contributed by atoms with Gasteiger partial charge in [-0.25, -0.2) is 4.39 Å². The number of hydrogen-bond donors (Lipinski definition) is 2. The topological polar surface area (TPSA) is 44.7 Å². The van der Waals surface area contributed by atoms with Crippen molar-refractivity contribution >= 4 is 5.57 Å². The molecule has 0 spiro atoms. The zero-order chi connectivity index (χ0) is 16.9. The van der Waals surface area contributed by atoms with E-state index in [-0.39, 0.29) is 12.4 Å². The molecule has 2 aromatic carbocycles. The number of ether oxygens (including phenoxy) is 1. The highest BCUT2D eigenvalue weighted by Gasteiger charge is 2.13. The summed E-state index contributed by atoms with van der Waals surface area (Å²) < 4.78 is 18.3. The maximum atomic E-state index is 13.1. The van der Waals surface area contributed by atoms with Gasteiger partial charge in [0, 0.05) is 11.8 Å². The molecule has 5 heteroatoms. The average Bonchev–Trinajstić information content (AvgIpc) is 2.62. The van der Waals surface area contributed by atoms with Gasteiger partial charge in [0.05, 0.1) is 26.0 Å². The molecule has 2 aromatic rings. The lowest BCUT2D eigenvalue weighted by Crippen LogP contribution is -2.36. The van der Waals surface area contributed by atoms with Crippen molar-refractivity contribution in [3.8, 4) is 5.75 Å². The number of methoxy groups -OCH3 is 1. The fourth-order valence-corrected chi connectivity index (χ4v) is 2.54. The summed E-state index contributed by atoms with van der Waals surface area (Å²) in [5.41, 5.74) is 6.74. The van der Waals surface area contributed by atoms with E-state index >= 15 is 0 Å². The summed E-state index contributed by atoms with van der Waals surface area (Å²) in [6.45, 7) is 0.518. The van der Waals surface area contributed by atoms with Crippen LogP contribution < -0.4 is 10.2 Å². The molecule has 24 heavy (non-hydrogen) atoms. The molecule has 0 aliphatic carbocycles. The fourth-order valence-electron chi connectivity index (χ4n) is 2.54. The smallest absolute Gasteiger partial charge is 0.123 e. The maximum Gasteiger partial charge on any atom is 0.123 e. The van der Waals surface area contributed by atoms with Crippen LogP contribution in [0.15, 0.2) is 66.5 Å². The van der Waals surface area contributed by atoms with E-state index in [0.717, 1.165) is 22.4 Å². The number of allylic oxidation sites excluding steroid dienone is 2. The lowest BCUT2D eigenvalue weighted by atomic mass is 10.0. The summed E-state index contributed by atoms with van der Waals surface area (Å²) in [5.74, 6) is 0.540. The Morgan fingerprint density at radius 1 is 1.08 bits per heavy atom. The molecule has 1 heterocycles. The standard InChI is InChI=1S/C19H19FN2O2/c1-24-19-8-2-14(3-9-19)11-22-12-16(10-18(13-23)21-22)15-4-6-17(20)7-5-15/h2-10,12,21,23H,11,13H2,1H3. The van der Waals surface area contributed by atoms with Gasteiger partial charge in [-0.15, -0.1) is 0 Å². The van der Waals surface area contributed by atoms with E-state index in [1.807, 2.05) is 41.6 Å². The molecule has 1 aliphatic heterocycles. The Morgan fingerprint density at radius 2 is 1.79 bits per heavy atom. The minimum atomic E-state index is -0.269. The van der Waals surface area contributed by atoms with Crippen LogP contribution in [0.1, 0.15) is 11.1 Å². The third-order valence-electron chi connectivity index (χ3n) is 3.77. The summed E-state index contributed by atoms with van der Waals surface area (Å²) in [7, 11) is 1.64. The average molecular weight is 326 g/mol. The number of hydrogen-bond acceptors (Lipinski definition) is 4. The van der Waals surface area contributed by atoms with Crippen LogP contribution in [0, 0.1) is 5.82 Å². The monoisotopic (exact) mass is 326 g/mol. The Labute approximate surface area is 140 Å². The normalized spacial score (nSPS) is 13.9. The highest BCUT2D eigenvalue weighted by atomic mass is 19.1. The Bertz CT molecular complexity index is 752. The quantitative estimate of drug-likeness (QED) is 0.886. The fraction of sp³-hybridized carbons (Fsp3) is 0.158. The number of nitrogens with one attached hydrogen (secondary N) is 1. The van der Waals surface area contributed by atoms with Crippen molar-refractivity contribution in [3.63, 3.8) is 0 Å². The van der Waals surface area contributed by atoms with Crippen molar-refractivity contribution in [3.05, 3.63) is 83.4 Å². The first kappa shape index (κ1) is 16.1. The molecule has 4 nitrogen and oxygen atoms in total. The Morgan fingerprint density at radius 3 is 2.42 bits per heavy atom. The number of hydrazine groups is 1. The third-order valence-corrected chi connectivity index (χ3v) is 3.77. The van der Waals surface area contributed by atoms with Crippen LogP contribution in [0.5, 0.6) is 5.75 Å². The molecule has 1 aliphatic rings. The number of rotatable bonds is 5. The Hall–Kier alpha value is -2.79. The Balaban J connectivity index is 1.82. The number of aliphatic hydroxyl groups is 1. The van der Waals surface area contributed by atoms with Gasteiger partial charge in [0.1, 0.15) is 11.6 Å². The summed E-state index contributed by atoms with van der Waals surface area (Å²) in [5, 5.41) is 11.4. The first-order valence-electron chi connectivity index (χ1n) is 7.63. The van der Waals surface area contributed by atoms with Gasteiger partial charge in [0.25, 0.3) is 0 Å². The van der Waals surface area contributed by atoms with Gasteiger partial charge in [-0.3, -0.25) is 5.01 Å². The SMILES string of the molecule is COc1ccc(CN2C=C(c3ccc(F)cc3)C=C(CO)N2)cc1. The highest BCUT2D eigenvalue weighted by Crippen LogP contribution is 2.23. The van der Waals surface area contributed by atoms with E-state index in [0.29, 0.717) is 12.2 Å². The third kappa shape index (κ3) is 3.75. The molecule has 0 atom stereocenters. The minimum absolute atomic E-state index is 0.0996. The molecule has 0 saturated carbocycles. The van der Waals surface area contributed by atoms with Crippen molar-refractivity contribution < 1.29 is 14.2 Å². The predicted octanol–water partition coefficient (Wildman–Crippen LogP) is 3.07. The van der Waals surface area contributed by atoms with E-state index in [1.54, 1.807) is 19.2 Å². The van der Waals surface area contributed by atoms with Crippen LogP contribution in [0.4, 0.5) is 4.39 Å². The second-order valence-corrected chi connectivity index (χ2v) is 5.51. The van der Waals surface area contributed by atoms with Crippen molar-refractivity contribution in [2.45, 2.75) is 6.54 Å². The number of halogens is 1. The molecule has 0 unspecified atom stereocenters. The molecule has 0 fully saturated rings. The van der Waals surface area contributed by atoms with Gasteiger partial charge >= 0.3 is 0 Å². The predicted molar refractivity (Wildman–Crippen MR) is 91.2 cm³/mol. The van der Waals surface area contributed by atoms with Crippen molar-refractivity contribution in [2.24, 2.45) is 0 Å². The van der Waals surface area contributed by atoms with Crippen LogP contribution in [-0.4, -0.2) is 23.8 Å². The van der Waals surface area contributed by atoms with Gasteiger partial charge in [-0.2, -0.15) is 0 Å². The first-order valence-corrected chi connectivity index (χ1v) is 7.63. The second-order valence-electron chi connectivity index (χ2n) is 5.51. The van der Waals surface area contributed by atoms with E-state index < -0.39 is 0 Å². The molecule has 124 valence electrons. The zero-order valence-electron chi connectivity index (χ0n) is 13.4. The second kappa shape index (κ2) is 7.19. The van der Waals surface area contributed by atoms with Gasteiger partial charge in [0.2, 0.25) is 0 Å². The summed E-state index contributed by atoms with van der Waals surface area (Å²) in [6.07, 6.45) is 3.80. The lowest BCUT2D eigenvalue weighted by molar-refractivity contribution is 0.247. The van der Waals surface area contributed by atoms with Crippen LogP contribution in [-0.2, 0) is 6.54 Å². The van der Waals surface area contributed by atoms with Crippen molar-refractivity contribution in [1.29, 1.82) is 0 Å². The van der Waals surface area contributed by atoms with Crippen molar-refractivity contribution in [2.75, 3.05) is 13.7 Å². The number of nitrogens with zero attached hydrogens (tertiary/aromatic N) is 1. The van der Waals surface area contributed by atoms with Gasteiger partial charge in [-0.05, 0) is 41.5 Å². The summed E-state index contributed by atoms with van der Waals surface area (Å²) in [6, 6.07) is 14.1. The van der Waals surface area contributed by atoms with E-state index in [1.165, 1.54) is 12.1 Å². The highest BCUT2D eigenvalue weighted by molar-refractivity contribution is 5.75. The van der Waals surface area contributed by atoms with Crippen LogP contribution in [0.2, 0.25) is 0 Å². The molecule has 2 N–H and O–H groups in total. The summed E-state index contributed by atoms with van der Waals surface area (Å²) >= 11 is 0.